The molecule has 0 aromatic carbocycles. The van der Waals surface area contributed by atoms with Crippen LogP contribution in [0.5, 0.6) is 0 Å². The topological polar surface area (TPSA) is 3.24 Å². The van der Waals surface area contributed by atoms with Gasteiger partial charge in [-0.05, 0) is 27.1 Å². The smallest absolute Gasteiger partial charge is 0.0410 e. The van der Waals surface area contributed by atoms with Gasteiger partial charge in [-0.25, -0.2) is 0 Å². The van der Waals surface area contributed by atoms with Crippen molar-refractivity contribution >= 4 is 15.9 Å². The van der Waals surface area contributed by atoms with Crippen molar-refractivity contribution in [3.63, 3.8) is 0 Å². The first kappa shape index (κ1) is 8.34. The minimum atomic E-state index is 0.984. The Morgan fingerprint density at radius 3 is 2.73 bits per heavy atom. The van der Waals surface area contributed by atoms with Crippen LogP contribution in [0.25, 0.3) is 0 Å². The summed E-state index contributed by atoms with van der Waals surface area (Å²) in [5, 5.41) is 0. The maximum Gasteiger partial charge on any atom is 0.0410 e. The zero-order chi connectivity index (χ0) is 8.43. The monoisotopic (exact) mass is 211 g/mol. The standard InChI is InChI=1S/C9H10BrN/c1-4-8-5-11(3)6-9(10)7(8)2/h4-6H,1-2H2,3H3. The fourth-order valence-electron chi connectivity index (χ4n) is 0.905. The first-order chi connectivity index (χ1) is 5.15. The molecule has 1 aliphatic rings. The van der Waals surface area contributed by atoms with E-state index in [9.17, 15) is 0 Å². The van der Waals surface area contributed by atoms with Gasteiger partial charge in [0.15, 0.2) is 0 Å². The largest absolute Gasteiger partial charge is 0.355 e. The molecule has 0 spiro atoms. The molecule has 0 bridgehead atoms. The number of rotatable bonds is 1. The molecule has 0 amide bonds. The lowest BCUT2D eigenvalue weighted by atomic mass is 10.1. The average molecular weight is 212 g/mol. The second-order valence-electron chi connectivity index (χ2n) is 2.41. The summed E-state index contributed by atoms with van der Waals surface area (Å²) < 4.78 is 1.01. The van der Waals surface area contributed by atoms with Crippen LogP contribution in [0, 0.1) is 0 Å². The minimum Gasteiger partial charge on any atom is -0.355 e. The van der Waals surface area contributed by atoms with Gasteiger partial charge in [-0.2, -0.15) is 0 Å². The Balaban J connectivity index is 2.99. The van der Waals surface area contributed by atoms with Crippen LogP contribution in [-0.2, 0) is 0 Å². The van der Waals surface area contributed by atoms with Gasteiger partial charge in [-0.15, -0.1) is 0 Å². The summed E-state index contributed by atoms with van der Waals surface area (Å²) in [5.74, 6) is 0. The maximum atomic E-state index is 3.90. The number of halogens is 1. The molecule has 0 saturated heterocycles. The second kappa shape index (κ2) is 3.09. The molecule has 1 nitrogen and oxygen atoms in total. The predicted octanol–water partition coefficient (Wildman–Crippen LogP) is 2.79. The highest BCUT2D eigenvalue weighted by atomic mass is 79.9. The summed E-state index contributed by atoms with van der Waals surface area (Å²) in [6.45, 7) is 7.60. The van der Waals surface area contributed by atoms with E-state index in [1.54, 1.807) is 6.08 Å². The predicted molar refractivity (Wildman–Crippen MR) is 52.2 cm³/mol. The Morgan fingerprint density at radius 2 is 2.18 bits per heavy atom. The zero-order valence-electron chi connectivity index (χ0n) is 6.47. The van der Waals surface area contributed by atoms with Gasteiger partial charge < -0.3 is 4.90 Å². The van der Waals surface area contributed by atoms with Crippen LogP contribution < -0.4 is 0 Å². The third-order valence-corrected chi connectivity index (χ3v) is 2.20. The summed E-state index contributed by atoms with van der Waals surface area (Å²) in [7, 11) is 1.97. The van der Waals surface area contributed by atoms with Crippen molar-refractivity contribution < 1.29 is 0 Å². The molecule has 1 aliphatic heterocycles. The fourth-order valence-corrected chi connectivity index (χ4v) is 1.46. The van der Waals surface area contributed by atoms with Gasteiger partial charge in [0.05, 0.1) is 0 Å². The van der Waals surface area contributed by atoms with Crippen molar-refractivity contribution in [1.82, 2.24) is 4.90 Å². The molecule has 0 N–H and O–H groups in total. The van der Waals surface area contributed by atoms with Crippen molar-refractivity contribution in [2.75, 3.05) is 7.05 Å². The molecule has 1 heterocycles. The van der Waals surface area contributed by atoms with Gasteiger partial charge in [0, 0.05) is 23.9 Å². The summed E-state index contributed by atoms with van der Waals surface area (Å²) in [4.78, 5) is 1.97. The molecule has 0 atom stereocenters. The highest BCUT2D eigenvalue weighted by Crippen LogP contribution is 2.27. The molecule has 0 aliphatic carbocycles. The Labute approximate surface area is 75.5 Å². The van der Waals surface area contributed by atoms with Gasteiger partial charge in [0.1, 0.15) is 0 Å². The number of hydrogen-bond donors (Lipinski definition) is 0. The molecule has 0 saturated carbocycles. The summed E-state index contributed by atoms with van der Waals surface area (Å²) in [5.41, 5.74) is 2.04. The average Bonchev–Trinajstić information content (AvgIpc) is 1.96. The van der Waals surface area contributed by atoms with Gasteiger partial charge in [0.2, 0.25) is 0 Å². The molecule has 2 heteroatoms. The Morgan fingerprint density at radius 1 is 1.55 bits per heavy atom. The summed E-state index contributed by atoms with van der Waals surface area (Å²) >= 11 is 3.41. The van der Waals surface area contributed by atoms with Crippen molar-refractivity contribution in [3.8, 4) is 0 Å². The van der Waals surface area contributed by atoms with Crippen LogP contribution in [0.2, 0.25) is 0 Å². The zero-order valence-corrected chi connectivity index (χ0v) is 8.06. The first-order valence-electron chi connectivity index (χ1n) is 3.28. The minimum absolute atomic E-state index is 0.984. The highest BCUT2D eigenvalue weighted by molar-refractivity contribution is 9.12. The van der Waals surface area contributed by atoms with E-state index in [4.69, 9.17) is 0 Å². The van der Waals surface area contributed by atoms with Gasteiger partial charge in [0.25, 0.3) is 0 Å². The normalized spacial score (nSPS) is 17.6. The van der Waals surface area contributed by atoms with Crippen LogP contribution >= 0.6 is 15.9 Å². The van der Waals surface area contributed by atoms with E-state index in [1.807, 2.05) is 24.3 Å². The number of nitrogens with zero attached hydrogens (tertiary/aromatic N) is 1. The number of allylic oxidation sites excluding steroid dienone is 4. The lowest BCUT2D eigenvalue weighted by Crippen LogP contribution is -2.08. The molecule has 11 heavy (non-hydrogen) atoms. The van der Waals surface area contributed by atoms with Gasteiger partial charge in [-0.1, -0.05) is 19.2 Å². The molecule has 0 fully saturated rings. The molecule has 0 unspecified atom stereocenters. The van der Waals surface area contributed by atoms with Crippen molar-refractivity contribution in [1.29, 1.82) is 0 Å². The molecule has 58 valence electrons. The Kier molecular flexibility index (Phi) is 2.35. The van der Waals surface area contributed by atoms with E-state index in [2.05, 4.69) is 29.1 Å². The summed E-state index contributed by atoms with van der Waals surface area (Å²) in [6, 6.07) is 0. The lowest BCUT2D eigenvalue weighted by molar-refractivity contribution is 0.614. The van der Waals surface area contributed by atoms with Crippen LogP contribution in [0.4, 0.5) is 0 Å². The molecule has 0 radical (unpaired) electrons. The Bertz CT molecular complexity index is 261. The van der Waals surface area contributed by atoms with E-state index in [0.717, 1.165) is 15.6 Å². The van der Waals surface area contributed by atoms with E-state index >= 15 is 0 Å². The second-order valence-corrected chi connectivity index (χ2v) is 3.26. The summed E-state index contributed by atoms with van der Waals surface area (Å²) in [6.07, 6.45) is 5.75. The molecular weight excluding hydrogens is 202 g/mol. The fraction of sp³-hybridized carbons (Fsp3) is 0.111. The first-order valence-corrected chi connectivity index (χ1v) is 4.07. The van der Waals surface area contributed by atoms with Crippen molar-refractivity contribution in [3.05, 3.63) is 47.3 Å². The van der Waals surface area contributed by atoms with Crippen LogP contribution in [-0.4, -0.2) is 11.9 Å². The molecule has 1 rings (SSSR count). The van der Waals surface area contributed by atoms with Gasteiger partial charge in [-0.3, -0.25) is 0 Å². The maximum absolute atomic E-state index is 3.90. The van der Waals surface area contributed by atoms with Crippen LogP contribution in [0.3, 0.4) is 0 Å². The van der Waals surface area contributed by atoms with E-state index in [-0.39, 0.29) is 0 Å². The third kappa shape index (κ3) is 1.63. The Hall–Kier alpha value is -0.760. The van der Waals surface area contributed by atoms with Gasteiger partial charge >= 0.3 is 0 Å². The molecule has 0 aromatic heterocycles. The van der Waals surface area contributed by atoms with Crippen molar-refractivity contribution in [2.45, 2.75) is 0 Å². The number of hydrogen-bond acceptors (Lipinski definition) is 1. The quantitative estimate of drug-likeness (QED) is 0.645. The van der Waals surface area contributed by atoms with Crippen LogP contribution in [0.15, 0.2) is 47.3 Å². The molecular formula is C9H10BrN. The third-order valence-electron chi connectivity index (χ3n) is 1.52. The van der Waals surface area contributed by atoms with E-state index < -0.39 is 0 Å². The van der Waals surface area contributed by atoms with E-state index in [1.165, 1.54) is 0 Å². The highest BCUT2D eigenvalue weighted by Gasteiger charge is 2.08. The van der Waals surface area contributed by atoms with E-state index in [0.29, 0.717) is 0 Å². The van der Waals surface area contributed by atoms with Crippen LogP contribution in [0.1, 0.15) is 0 Å². The SMILES string of the molecule is C=CC1=CN(C)C=C(Br)C1=C. The lowest BCUT2D eigenvalue weighted by Gasteiger charge is -2.18. The van der Waals surface area contributed by atoms with Crippen molar-refractivity contribution in [2.24, 2.45) is 0 Å². The molecule has 0 aromatic rings.